The van der Waals surface area contributed by atoms with Crippen LogP contribution in [0.4, 0.5) is 0 Å². The van der Waals surface area contributed by atoms with E-state index in [2.05, 4.69) is 0 Å². The number of carbonyl (C=O) groups is 6. The lowest BCUT2D eigenvalue weighted by Gasteiger charge is -2.56. The molecule has 12 heteroatoms. The van der Waals surface area contributed by atoms with Crippen molar-refractivity contribution in [1.29, 1.82) is 0 Å². The highest BCUT2D eigenvalue weighted by Crippen LogP contribution is 2.55. The van der Waals surface area contributed by atoms with Gasteiger partial charge in [-0.2, -0.15) is 0 Å². The zero-order valence-corrected chi connectivity index (χ0v) is 22.1. The molecular weight excluding hydrogens is 512 g/mol. The molecule has 0 bridgehead atoms. The van der Waals surface area contributed by atoms with Gasteiger partial charge >= 0.3 is 5.97 Å². The van der Waals surface area contributed by atoms with Crippen LogP contribution in [0.3, 0.4) is 0 Å². The number of carbonyl (C=O) groups excluding carboxylic acids is 6. The molecule has 210 valence electrons. The molecular formula is C27H32N2O10. The van der Waals surface area contributed by atoms with E-state index in [9.17, 15) is 39.0 Å². The molecule has 3 aliphatic carbocycles. The molecule has 0 radical (unpaired) electrons. The van der Waals surface area contributed by atoms with E-state index in [0.717, 1.165) is 6.92 Å². The Hall–Kier alpha value is -3.48. The molecule has 2 unspecified atom stereocenters. The molecule has 12 nitrogen and oxygen atoms in total. The number of aromatic hydroxyl groups is 1. The number of hydrogen-bond acceptors (Lipinski definition) is 11. The van der Waals surface area contributed by atoms with E-state index in [1.54, 1.807) is 6.07 Å². The second-order valence-corrected chi connectivity index (χ2v) is 10.6. The van der Waals surface area contributed by atoms with Crippen LogP contribution in [-0.2, 0) is 33.4 Å². The molecule has 4 rings (SSSR count). The highest BCUT2D eigenvalue weighted by molar-refractivity contribution is 6.32. The molecule has 1 amide bonds. The van der Waals surface area contributed by atoms with Crippen LogP contribution in [0.15, 0.2) is 18.2 Å². The van der Waals surface area contributed by atoms with Crippen LogP contribution in [0, 0.1) is 23.7 Å². The van der Waals surface area contributed by atoms with E-state index in [1.165, 1.54) is 31.1 Å². The Balaban J connectivity index is 2.02. The molecule has 0 spiro atoms. The van der Waals surface area contributed by atoms with E-state index in [4.69, 9.17) is 15.2 Å². The SMILES string of the molecule is CCCOC[C@@H]1c2cccc(O)c2C(=O)C2C(=O)[C@@]3(O)C(=O)C(C(N)=O)C(=O)[C@H](N(C)C)[C@H]3[C@H](OC(C)=O)[C@H]21. The first-order valence-corrected chi connectivity index (χ1v) is 12.7. The van der Waals surface area contributed by atoms with Crippen molar-refractivity contribution in [2.75, 3.05) is 27.3 Å². The van der Waals surface area contributed by atoms with E-state index < -0.39 is 88.1 Å². The fourth-order valence-electron chi connectivity index (χ4n) is 6.63. The van der Waals surface area contributed by atoms with Gasteiger partial charge in [-0.15, -0.1) is 0 Å². The van der Waals surface area contributed by atoms with E-state index in [1.807, 2.05) is 6.92 Å². The quantitative estimate of drug-likeness (QED) is 0.225. The van der Waals surface area contributed by atoms with Gasteiger partial charge in [0.1, 0.15) is 11.9 Å². The van der Waals surface area contributed by atoms with Crippen molar-refractivity contribution in [2.45, 2.75) is 43.9 Å². The maximum atomic E-state index is 14.2. The number of ether oxygens (including phenoxy) is 2. The summed E-state index contributed by atoms with van der Waals surface area (Å²) >= 11 is 0. The van der Waals surface area contributed by atoms with Crippen molar-refractivity contribution >= 4 is 35.0 Å². The van der Waals surface area contributed by atoms with Crippen molar-refractivity contribution in [3.63, 3.8) is 0 Å². The average molecular weight is 545 g/mol. The zero-order valence-electron chi connectivity index (χ0n) is 22.1. The monoisotopic (exact) mass is 544 g/mol. The number of primary amides is 1. The van der Waals surface area contributed by atoms with Crippen LogP contribution in [-0.4, -0.2) is 95.2 Å². The van der Waals surface area contributed by atoms with E-state index in [0.29, 0.717) is 18.6 Å². The number of phenols is 1. The highest BCUT2D eigenvalue weighted by atomic mass is 16.5. The second kappa shape index (κ2) is 10.2. The predicted molar refractivity (Wildman–Crippen MR) is 132 cm³/mol. The van der Waals surface area contributed by atoms with Crippen molar-refractivity contribution in [1.82, 2.24) is 4.90 Å². The minimum absolute atomic E-state index is 0.0482. The van der Waals surface area contributed by atoms with Gasteiger partial charge in [0, 0.05) is 25.4 Å². The maximum Gasteiger partial charge on any atom is 0.302 e. The third-order valence-corrected chi connectivity index (χ3v) is 8.07. The molecule has 0 aromatic heterocycles. The first kappa shape index (κ1) is 28.5. The number of amides is 1. The summed E-state index contributed by atoms with van der Waals surface area (Å²) in [4.78, 5) is 81.0. The van der Waals surface area contributed by atoms with Gasteiger partial charge in [-0.05, 0) is 32.1 Å². The van der Waals surface area contributed by atoms with Gasteiger partial charge in [0.05, 0.1) is 30.0 Å². The summed E-state index contributed by atoms with van der Waals surface area (Å²) in [6.45, 7) is 3.25. The van der Waals surface area contributed by atoms with Gasteiger partial charge in [0.25, 0.3) is 0 Å². The van der Waals surface area contributed by atoms with Gasteiger partial charge in [-0.1, -0.05) is 19.1 Å². The van der Waals surface area contributed by atoms with Crippen LogP contribution in [0.5, 0.6) is 5.75 Å². The van der Waals surface area contributed by atoms with Gasteiger partial charge in [-0.3, -0.25) is 33.7 Å². The minimum atomic E-state index is -3.06. The van der Waals surface area contributed by atoms with Gasteiger partial charge in [0.2, 0.25) is 5.91 Å². The number of Topliss-reactive ketones (excluding diaryl/α,β-unsaturated/α-hetero) is 4. The van der Waals surface area contributed by atoms with Crippen LogP contribution < -0.4 is 5.73 Å². The number of ketones is 4. The summed E-state index contributed by atoms with van der Waals surface area (Å²) in [5.74, 6) is -14.6. The van der Waals surface area contributed by atoms with Crippen molar-refractivity contribution in [2.24, 2.45) is 29.4 Å². The van der Waals surface area contributed by atoms with Crippen LogP contribution in [0.2, 0.25) is 0 Å². The Morgan fingerprint density at radius 3 is 2.36 bits per heavy atom. The second-order valence-electron chi connectivity index (χ2n) is 10.6. The van der Waals surface area contributed by atoms with E-state index in [-0.39, 0.29) is 12.2 Å². The summed E-state index contributed by atoms with van der Waals surface area (Å²) in [6, 6.07) is 2.93. The van der Waals surface area contributed by atoms with Crippen molar-refractivity contribution in [3.8, 4) is 5.75 Å². The number of nitrogens with two attached hydrogens (primary N) is 1. The van der Waals surface area contributed by atoms with Crippen LogP contribution in [0.1, 0.15) is 42.1 Å². The molecule has 8 atom stereocenters. The number of aliphatic hydroxyl groups is 1. The summed E-state index contributed by atoms with van der Waals surface area (Å²) < 4.78 is 11.5. The first-order chi connectivity index (χ1) is 18.3. The number of fused-ring (bicyclic) bond motifs is 3. The lowest BCUT2D eigenvalue weighted by molar-refractivity contribution is -0.206. The number of hydrogen-bond donors (Lipinski definition) is 3. The fraction of sp³-hybridized carbons (Fsp3) is 0.556. The van der Waals surface area contributed by atoms with E-state index >= 15 is 0 Å². The smallest absolute Gasteiger partial charge is 0.302 e. The molecule has 0 aliphatic heterocycles. The predicted octanol–water partition coefficient (Wildman–Crippen LogP) is -0.624. The summed E-state index contributed by atoms with van der Waals surface area (Å²) in [5.41, 5.74) is 2.48. The van der Waals surface area contributed by atoms with Crippen LogP contribution >= 0.6 is 0 Å². The molecule has 2 fully saturated rings. The fourth-order valence-corrected chi connectivity index (χ4v) is 6.63. The molecule has 1 aromatic carbocycles. The van der Waals surface area contributed by atoms with Gasteiger partial charge < -0.3 is 25.4 Å². The average Bonchev–Trinajstić information content (AvgIpc) is 2.84. The Labute approximate surface area is 224 Å². The number of likely N-dealkylation sites (N-methyl/N-ethyl adjacent to an activating group) is 1. The Kier molecular flexibility index (Phi) is 7.50. The zero-order chi connectivity index (χ0) is 29.0. The van der Waals surface area contributed by atoms with Gasteiger partial charge in [0.15, 0.2) is 34.7 Å². The Bertz CT molecular complexity index is 1260. The summed E-state index contributed by atoms with van der Waals surface area (Å²) in [5, 5.41) is 22.5. The largest absolute Gasteiger partial charge is 0.507 e. The van der Waals surface area contributed by atoms with Gasteiger partial charge in [-0.25, -0.2) is 0 Å². The number of phenolic OH excluding ortho intramolecular Hbond substituents is 1. The maximum absolute atomic E-state index is 14.2. The lowest BCUT2D eigenvalue weighted by Crippen LogP contribution is -2.78. The summed E-state index contributed by atoms with van der Waals surface area (Å²) in [7, 11) is 2.89. The van der Waals surface area contributed by atoms with Crippen molar-refractivity contribution < 1.29 is 48.5 Å². The standard InChI is InChI=1S/C27H32N2O10/c1-5-9-38-10-13-12-7-6-8-14(31)15(12)21(32)17-16(13)23(39-11(2)30)19-20(29(3)4)22(33)18(26(28)36)25(35)27(19,37)24(17)34/h6-8,13,16-20,23,31,37H,5,9-10H2,1-4H3,(H2,28,36)/t13-,16+,17?,18?,19+,20-,23-,27-/m1/s1. The Morgan fingerprint density at radius 2 is 1.79 bits per heavy atom. The Morgan fingerprint density at radius 1 is 1.13 bits per heavy atom. The topological polar surface area (TPSA) is 191 Å². The third-order valence-electron chi connectivity index (χ3n) is 8.07. The normalized spacial score (nSPS) is 33.8. The molecule has 2 saturated carbocycles. The molecule has 0 heterocycles. The summed E-state index contributed by atoms with van der Waals surface area (Å²) in [6.07, 6.45) is -0.847. The molecule has 4 N–H and O–H groups in total. The molecule has 3 aliphatic rings. The van der Waals surface area contributed by atoms with Crippen molar-refractivity contribution in [3.05, 3.63) is 29.3 Å². The highest BCUT2D eigenvalue weighted by Gasteiger charge is 2.74. The third kappa shape index (κ3) is 4.17. The number of rotatable bonds is 7. The molecule has 39 heavy (non-hydrogen) atoms. The number of esters is 1. The van der Waals surface area contributed by atoms with Crippen LogP contribution in [0.25, 0.3) is 0 Å². The molecule has 0 saturated heterocycles. The minimum Gasteiger partial charge on any atom is -0.507 e. The number of nitrogens with zero attached hydrogens (tertiary/aromatic N) is 1. The molecule has 1 aromatic rings. The first-order valence-electron chi connectivity index (χ1n) is 12.7. The number of benzene rings is 1. The lowest BCUT2D eigenvalue weighted by atomic mass is 9.49.